The second-order valence-electron chi connectivity index (χ2n) is 5.74. The molecular formula is C18H23N3. The van der Waals surface area contributed by atoms with E-state index in [1.165, 1.54) is 18.4 Å². The molecule has 0 saturated heterocycles. The summed E-state index contributed by atoms with van der Waals surface area (Å²) in [7, 11) is 0. The van der Waals surface area contributed by atoms with Crippen LogP contribution in [0, 0.1) is 0 Å². The zero-order valence-corrected chi connectivity index (χ0v) is 12.9. The van der Waals surface area contributed by atoms with Gasteiger partial charge in [-0.15, -0.1) is 0 Å². The molecular weight excluding hydrogens is 258 g/mol. The third kappa shape index (κ3) is 3.41. The van der Waals surface area contributed by atoms with Gasteiger partial charge < -0.3 is 5.32 Å². The Labute approximate surface area is 126 Å². The highest BCUT2D eigenvalue weighted by Gasteiger charge is 2.23. The van der Waals surface area contributed by atoms with Crippen molar-refractivity contribution in [1.82, 2.24) is 9.97 Å². The van der Waals surface area contributed by atoms with Gasteiger partial charge in [-0.3, -0.25) is 0 Å². The Balaban J connectivity index is 1.88. The van der Waals surface area contributed by atoms with E-state index in [4.69, 9.17) is 0 Å². The molecule has 110 valence electrons. The summed E-state index contributed by atoms with van der Waals surface area (Å²) in [5.74, 6) is 2.56. The lowest BCUT2D eigenvalue weighted by atomic mass is 10.1. The normalized spacial score (nSPS) is 14.2. The van der Waals surface area contributed by atoms with Gasteiger partial charge in [0.05, 0.1) is 0 Å². The standard InChI is InChI=1S/C18H23N3/c1-3-11-19-17-12-16(4-2)20-18(21-17)15-9-7-14(8-10-15)13-5-6-13/h7-10,12-13H,3-6,11H2,1-2H3,(H,19,20,21). The SMILES string of the molecule is CCCNc1cc(CC)nc(-c2ccc(C3CC3)cc2)n1. The zero-order chi connectivity index (χ0) is 14.7. The number of aryl methyl sites for hydroxylation is 1. The Morgan fingerprint density at radius 3 is 2.48 bits per heavy atom. The maximum absolute atomic E-state index is 4.67. The number of nitrogens with one attached hydrogen (secondary N) is 1. The van der Waals surface area contributed by atoms with Crippen LogP contribution < -0.4 is 5.32 Å². The molecule has 0 spiro atoms. The number of benzene rings is 1. The molecule has 1 saturated carbocycles. The Hall–Kier alpha value is -1.90. The quantitative estimate of drug-likeness (QED) is 0.852. The van der Waals surface area contributed by atoms with Gasteiger partial charge in [0, 0.05) is 23.9 Å². The third-order valence-electron chi connectivity index (χ3n) is 3.92. The third-order valence-corrected chi connectivity index (χ3v) is 3.92. The van der Waals surface area contributed by atoms with Crippen LogP contribution in [-0.2, 0) is 6.42 Å². The van der Waals surface area contributed by atoms with E-state index in [0.29, 0.717) is 0 Å². The molecule has 1 aliphatic carbocycles. The first-order valence-corrected chi connectivity index (χ1v) is 8.02. The molecule has 2 aromatic rings. The average Bonchev–Trinajstić information content (AvgIpc) is 3.37. The van der Waals surface area contributed by atoms with Crippen LogP contribution in [0.25, 0.3) is 11.4 Å². The van der Waals surface area contributed by atoms with Gasteiger partial charge in [-0.1, -0.05) is 38.1 Å². The summed E-state index contributed by atoms with van der Waals surface area (Å²) in [6.45, 7) is 5.23. The molecule has 21 heavy (non-hydrogen) atoms. The van der Waals surface area contributed by atoms with E-state index in [-0.39, 0.29) is 0 Å². The number of hydrogen-bond donors (Lipinski definition) is 1. The largest absolute Gasteiger partial charge is 0.370 e. The van der Waals surface area contributed by atoms with Crippen molar-refractivity contribution in [3.63, 3.8) is 0 Å². The van der Waals surface area contributed by atoms with E-state index in [2.05, 4.69) is 59.5 Å². The lowest BCUT2D eigenvalue weighted by Crippen LogP contribution is -2.05. The summed E-state index contributed by atoms with van der Waals surface area (Å²) in [5.41, 5.74) is 3.65. The topological polar surface area (TPSA) is 37.8 Å². The predicted octanol–water partition coefficient (Wildman–Crippen LogP) is 4.41. The van der Waals surface area contributed by atoms with Crippen LogP contribution in [0.15, 0.2) is 30.3 Å². The number of aromatic nitrogens is 2. The van der Waals surface area contributed by atoms with Crippen molar-refractivity contribution in [3.8, 4) is 11.4 Å². The van der Waals surface area contributed by atoms with Crippen molar-refractivity contribution in [2.45, 2.75) is 45.4 Å². The first kappa shape index (κ1) is 14.1. The lowest BCUT2D eigenvalue weighted by molar-refractivity contribution is 0.951. The van der Waals surface area contributed by atoms with Crippen molar-refractivity contribution < 1.29 is 0 Å². The summed E-state index contributed by atoms with van der Waals surface area (Å²) in [4.78, 5) is 9.33. The zero-order valence-electron chi connectivity index (χ0n) is 12.9. The Morgan fingerprint density at radius 2 is 1.86 bits per heavy atom. The molecule has 1 aliphatic rings. The smallest absolute Gasteiger partial charge is 0.161 e. The molecule has 0 amide bonds. The van der Waals surface area contributed by atoms with E-state index in [1.54, 1.807) is 0 Å². The molecule has 3 nitrogen and oxygen atoms in total. The van der Waals surface area contributed by atoms with Crippen LogP contribution in [-0.4, -0.2) is 16.5 Å². The Bertz CT molecular complexity index is 600. The van der Waals surface area contributed by atoms with E-state index in [9.17, 15) is 0 Å². The van der Waals surface area contributed by atoms with Crippen molar-refractivity contribution >= 4 is 5.82 Å². The second kappa shape index (κ2) is 6.25. The van der Waals surface area contributed by atoms with Crippen LogP contribution in [0.4, 0.5) is 5.82 Å². The summed E-state index contributed by atoms with van der Waals surface area (Å²) < 4.78 is 0. The van der Waals surface area contributed by atoms with Crippen LogP contribution in [0.3, 0.4) is 0 Å². The van der Waals surface area contributed by atoms with Crippen molar-refractivity contribution in [3.05, 3.63) is 41.6 Å². The molecule has 0 unspecified atom stereocenters. The fraction of sp³-hybridized carbons (Fsp3) is 0.444. The highest BCUT2D eigenvalue weighted by atomic mass is 15.0. The first-order valence-electron chi connectivity index (χ1n) is 8.02. The maximum Gasteiger partial charge on any atom is 0.161 e. The van der Waals surface area contributed by atoms with E-state index >= 15 is 0 Å². The number of hydrogen-bond acceptors (Lipinski definition) is 3. The fourth-order valence-electron chi connectivity index (χ4n) is 2.47. The van der Waals surface area contributed by atoms with Crippen molar-refractivity contribution in [2.24, 2.45) is 0 Å². The molecule has 0 radical (unpaired) electrons. The van der Waals surface area contributed by atoms with Gasteiger partial charge in [0.2, 0.25) is 0 Å². The molecule has 3 heteroatoms. The minimum absolute atomic E-state index is 0.795. The molecule has 3 rings (SSSR count). The van der Waals surface area contributed by atoms with E-state index < -0.39 is 0 Å². The highest BCUT2D eigenvalue weighted by Crippen LogP contribution is 2.40. The average molecular weight is 281 g/mol. The Morgan fingerprint density at radius 1 is 1.10 bits per heavy atom. The monoisotopic (exact) mass is 281 g/mol. The highest BCUT2D eigenvalue weighted by molar-refractivity contribution is 5.58. The van der Waals surface area contributed by atoms with Gasteiger partial charge in [0.15, 0.2) is 5.82 Å². The number of nitrogens with zero attached hydrogens (tertiary/aromatic N) is 2. The summed E-state index contributed by atoms with van der Waals surface area (Å²) in [6, 6.07) is 10.8. The molecule has 0 atom stereocenters. The maximum atomic E-state index is 4.67. The molecule has 0 bridgehead atoms. The van der Waals surface area contributed by atoms with Crippen LogP contribution in [0.2, 0.25) is 0 Å². The molecule has 1 aromatic carbocycles. The van der Waals surface area contributed by atoms with Crippen molar-refractivity contribution in [2.75, 3.05) is 11.9 Å². The van der Waals surface area contributed by atoms with Crippen LogP contribution >= 0.6 is 0 Å². The molecule has 1 heterocycles. The van der Waals surface area contributed by atoms with Crippen molar-refractivity contribution in [1.29, 1.82) is 0 Å². The van der Waals surface area contributed by atoms with Gasteiger partial charge >= 0.3 is 0 Å². The summed E-state index contributed by atoms with van der Waals surface area (Å²) in [5, 5.41) is 3.37. The number of rotatable bonds is 6. The van der Waals surface area contributed by atoms with Gasteiger partial charge in [0.25, 0.3) is 0 Å². The minimum atomic E-state index is 0.795. The van der Waals surface area contributed by atoms with Gasteiger partial charge in [0.1, 0.15) is 5.82 Å². The van der Waals surface area contributed by atoms with Gasteiger partial charge in [-0.2, -0.15) is 0 Å². The lowest BCUT2D eigenvalue weighted by Gasteiger charge is -2.09. The first-order chi connectivity index (χ1) is 10.3. The van der Waals surface area contributed by atoms with Gasteiger partial charge in [-0.05, 0) is 37.2 Å². The minimum Gasteiger partial charge on any atom is -0.370 e. The molecule has 1 aromatic heterocycles. The van der Waals surface area contributed by atoms with E-state index in [1.807, 2.05) is 0 Å². The van der Waals surface area contributed by atoms with Gasteiger partial charge in [-0.25, -0.2) is 9.97 Å². The predicted molar refractivity (Wildman–Crippen MR) is 87.6 cm³/mol. The second-order valence-corrected chi connectivity index (χ2v) is 5.74. The van der Waals surface area contributed by atoms with Crippen LogP contribution in [0.1, 0.15) is 50.3 Å². The molecule has 1 fully saturated rings. The summed E-state index contributed by atoms with van der Waals surface area (Å²) in [6.07, 6.45) is 4.70. The fourth-order valence-corrected chi connectivity index (χ4v) is 2.47. The number of anilines is 1. The molecule has 1 N–H and O–H groups in total. The Kier molecular flexibility index (Phi) is 4.18. The van der Waals surface area contributed by atoms with Crippen LogP contribution in [0.5, 0.6) is 0 Å². The molecule has 0 aliphatic heterocycles. The summed E-state index contributed by atoms with van der Waals surface area (Å²) >= 11 is 0. The van der Waals surface area contributed by atoms with E-state index in [0.717, 1.165) is 48.2 Å².